The summed E-state index contributed by atoms with van der Waals surface area (Å²) < 4.78 is 13.1. The summed E-state index contributed by atoms with van der Waals surface area (Å²) in [6.45, 7) is 0. The van der Waals surface area contributed by atoms with Gasteiger partial charge in [0.15, 0.2) is 0 Å². The summed E-state index contributed by atoms with van der Waals surface area (Å²) in [6, 6.07) is 0.474. The number of aryl methyl sites for hydroxylation is 1. The van der Waals surface area contributed by atoms with Gasteiger partial charge in [0, 0.05) is 21.9 Å². The van der Waals surface area contributed by atoms with Crippen molar-refractivity contribution in [2.75, 3.05) is 7.05 Å². The SMILES string of the molecule is CNC1CCc2scc(F)c2C1.Cl. The Labute approximate surface area is 87.8 Å². The van der Waals surface area contributed by atoms with Gasteiger partial charge in [0.05, 0.1) is 0 Å². The minimum absolute atomic E-state index is 0. The molecule has 1 aromatic heterocycles. The molecule has 1 aromatic rings. The van der Waals surface area contributed by atoms with Crippen molar-refractivity contribution in [1.82, 2.24) is 5.32 Å². The average molecular weight is 222 g/mol. The molecule has 1 aliphatic carbocycles. The predicted octanol–water partition coefficient (Wildman–Crippen LogP) is 2.39. The van der Waals surface area contributed by atoms with Gasteiger partial charge in [0.1, 0.15) is 5.82 Å². The summed E-state index contributed by atoms with van der Waals surface area (Å²) in [5.74, 6) is -0.00468. The lowest BCUT2D eigenvalue weighted by molar-refractivity contribution is 0.484. The number of hydrogen-bond donors (Lipinski definition) is 1. The molecule has 0 aromatic carbocycles. The zero-order valence-electron chi connectivity index (χ0n) is 7.47. The molecular formula is C9H13ClFNS. The number of hydrogen-bond acceptors (Lipinski definition) is 2. The van der Waals surface area contributed by atoms with Crippen molar-refractivity contribution in [2.45, 2.75) is 25.3 Å². The normalized spacial score (nSPS) is 20.6. The number of thiophene rings is 1. The van der Waals surface area contributed by atoms with Crippen LogP contribution in [0.2, 0.25) is 0 Å². The van der Waals surface area contributed by atoms with E-state index in [0.29, 0.717) is 6.04 Å². The van der Waals surface area contributed by atoms with Crippen LogP contribution in [0.5, 0.6) is 0 Å². The number of fused-ring (bicyclic) bond motifs is 1. The van der Waals surface area contributed by atoms with Crippen molar-refractivity contribution in [3.8, 4) is 0 Å². The first-order valence-corrected chi connectivity index (χ1v) is 5.11. The second kappa shape index (κ2) is 4.40. The molecule has 13 heavy (non-hydrogen) atoms. The van der Waals surface area contributed by atoms with Gasteiger partial charge in [-0.25, -0.2) is 4.39 Å². The van der Waals surface area contributed by atoms with Crippen molar-refractivity contribution >= 4 is 23.7 Å². The van der Waals surface area contributed by atoms with Gasteiger partial charge < -0.3 is 5.32 Å². The van der Waals surface area contributed by atoms with Crippen LogP contribution < -0.4 is 5.32 Å². The van der Waals surface area contributed by atoms with E-state index in [-0.39, 0.29) is 18.2 Å². The Balaban J connectivity index is 0.000000845. The lowest BCUT2D eigenvalue weighted by Gasteiger charge is -2.21. The molecule has 0 spiro atoms. The Morgan fingerprint density at radius 2 is 2.38 bits per heavy atom. The summed E-state index contributed by atoms with van der Waals surface area (Å²) in [5.41, 5.74) is 0.950. The Hall–Kier alpha value is -0.120. The van der Waals surface area contributed by atoms with Crippen molar-refractivity contribution < 1.29 is 4.39 Å². The minimum atomic E-state index is -0.00468. The molecule has 1 aliphatic rings. The van der Waals surface area contributed by atoms with Crippen molar-refractivity contribution in [2.24, 2.45) is 0 Å². The van der Waals surface area contributed by atoms with Crippen molar-refractivity contribution in [1.29, 1.82) is 0 Å². The highest BCUT2D eigenvalue weighted by Crippen LogP contribution is 2.28. The van der Waals surface area contributed by atoms with Crippen LogP contribution in [0.3, 0.4) is 0 Å². The molecule has 2 rings (SSSR count). The van der Waals surface area contributed by atoms with E-state index in [1.807, 2.05) is 7.05 Å². The maximum atomic E-state index is 13.1. The highest BCUT2D eigenvalue weighted by Gasteiger charge is 2.21. The minimum Gasteiger partial charge on any atom is -0.317 e. The molecule has 74 valence electrons. The van der Waals surface area contributed by atoms with E-state index in [1.54, 1.807) is 16.7 Å². The van der Waals surface area contributed by atoms with Gasteiger partial charge in [-0.3, -0.25) is 0 Å². The second-order valence-corrected chi connectivity index (χ2v) is 4.18. The van der Waals surface area contributed by atoms with E-state index >= 15 is 0 Å². The Morgan fingerprint density at radius 3 is 3.08 bits per heavy atom. The zero-order chi connectivity index (χ0) is 8.55. The fourth-order valence-corrected chi connectivity index (χ4v) is 2.67. The summed E-state index contributed by atoms with van der Waals surface area (Å²) in [6.07, 6.45) is 3.04. The quantitative estimate of drug-likeness (QED) is 0.768. The highest BCUT2D eigenvalue weighted by atomic mass is 35.5. The fraction of sp³-hybridized carbons (Fsp3) is 0.556. The van der Waals surface area contributed by atoms with Crippen LogP contribution in [0.25, 0.3) is 0 Å². The molecule has 1 atom stereocenters. The van der Waals surface area contributed by atoms with Crippen LogP contribution in [-0.4, -0.2) is 13.1 Å². The first-order chi connectivity index (χ1) is 5.81. The first kappa shape index (κ1) is 11.0. The maximum Gasteiger partial charge on any atom is 0.137 e. The van der Waals surface area contributed by atoms with Gasteiger partial charge in [0.25, 0.3) is 0 Å². The van der Waals surface area contributed by atoms with Gasteiger partial charge in [0.2, 0.25) is 0 Å². The van der Waals surface area contributed by atoms with Gasteiger partial charge in [-0.2, -0.15) is 0 Å². The Bertz CT molecular complexity index is 287. The van der Waals surface area contributed by atoms with Gasteiger partial charge >= 0.3 is 0 Å². The fourth-order valence-electron chi connectivity index (χ4n) is 1.72. The van der Waals surface area contributed by atoms with E-state index < -0.39 is 0 Å². The molecule has 0 bridgehead atoms. The largest absolute Gasteiger partial charge is 0.317 e. The molecule has 0 radical (unpaired) electrons. The van der Waals surface area contributed by atoms with E-state index in [2.05, 4.69) is 5.32 Å². The Kier molecular flexibility index (Phi) is 3.71. The second-order valence-electron chi connectivity index (χ2n) is 3.21. The third kappa shape index (κ3) is 2.03. The molecule has 4 heteroatoms. The Morgan fingerprint density at radius 1 is 1.62 bits per heavy atom. The first-order valence-electron chi connectivity index (χ1n) is 4.23. The summed E-state index contributed by atoms with van der Waals surface area (Å²) >= 11 is 1.56. The number of rotatable bonds is 1. The molecule has 0 fully saturated rings. The van der Waals surface area contributed by atoms with Crippen LogP contribution in [0.15, 0.2) is 5.38 Å². The number of halogens is 2. The highest BCUT2D eigenvalue weighted by molar-refractivity contribution is 7.10. The van der Waals surface area contributed by atoms with Crippen molar-refractivity contribution in [3.05, 3.63) is 21.6 Å². The van der Waals surface area contributed by atoms with Crippen LogP contribution in [0, 0.1) is 5.82 Å². The molecule has 1 unspecified atom stereocenters. The number of nitrogens with one attached hydrogen (secondary N) is 1. The van der Waals surface area contributed by atoms with Crippen LogP contribution in [0.1, 0.15) is 16.9 Å². The topological polar surface area (TPSA) is 12.0 Å². The lowest BCUT2D eigenvalue weighted by atomic mass is 9.94. The van der Waals surface area contributed by atoms with E-state index in [1.165, 1.54) is 4.88 Å². The van der Waals surface area contributed by atoms with Crippen LogP contribution in [0.4, 0.5) is 4.39 Å². The van der Waals surface area contributed by atoms with Crippen molar-refractivity contribution in [3.63, 3.8) is 0 Å². The number of likely N-dealkylation sites (N-methyl/N-ethyl adjacent to an activating group) is 1. The molecule has 0 saturated heterocycles. The van der Waals surface area contributed by atoms with Crippen LogP contribution in [-0.2, 0) is 12.8 Å². The molecule has 0 amide bonds. The third-order valence-electron chi connectivity index (χ3n) is 2.51. The molecule has 1 nitrogen and oxygen atoms in total. The standard InChI is InChI=1S/C9H12FNS.ClH/c1-11-6-2-3-9-7(4-6)8(10)5-12-9;/h5-6,11H,2-4H2,1H3;1H. The molecule has 1 N–H and O–H groups in total. The van der Waals surface area contributed by atoms with E-state index in [9.17, 15) is 4.39 Å². The monoisotopic (exact) mass is 221 g/mol. The predicted molar refractivity (Wildman–Crippen MR) is 56.4 cm³/mol. The summed E-state index contributed by atoms with van der Waals surface area (Å²) in [7, 11) is 1.94. The van der Waals surface area contributed by atoms with Crippen LogP contribution >= 0.6 is 23.7 Å². The van der Waals surface area contributed by atoms with E-state index in [4.69, 9.17) is 0 Å². The van der Waals surface area contributed by atoms with Gasteiger partial charge in [-0.15, -0.1) is 23.7 Å². The maximum absolute atomic E-state index is 13.1. The van der Waals surface area contributed by atoms with E-state index in [0.717, 1.165) is 24.8 Å². The third-order valence-corrected chi connectivity index (χ3v) is 3.57. The summed E-state index contributed by atoms with van der Waals surface area (Å²) in [4.78, 5) is 1.25. The average Bonchev–Trinajstić information content (AvgIpc) is 2.47. The molecule has 1 heterocycles. The molecule has 0 aliphatic heterocycles. The van der Waals surface area contributed by atoms with Gasteiger partial charge in [-0.1, -0.05) is 0 Å². The smallest absolute Gasteiger partial charge is 0.137 e. The summed E-state index contributed by atoms with van der Waals surface area (Å²) in [5, 5.41) is 4.83. The molecular weight excluding hydrogens is 209 g/mol. The lowest BCUT2D eigenvalue weighted by Crippen LogP contribution is -2.31. The zero-order valence-corrected chi connectivity index (χ0v) is 9.10. The van der Waals surface area contributed by atoms with Gasteiger partial charge in [-0.05, 0) is 26.3 Å². The molecule has 0 saturated carbocycles.